The summed E-state index contributed by atoms with van der Waals surface area (Å²) in [6, 6.07) is 12.3. The molecule has 0 spiro atoms. The van der Waals surface area contributed by atoms with E-state index in [0.29, 0.717) is 23.8 Å². The van der Waals surface area contributed by atoms with Crippen molar-refractivity contribution in [2.24, 2.45) is 0 Å². The van der Waals surface area contributed by atoms with Gasteiger partial charge in [-0.15, -0.1) is 10.2 Å². The third-order valence-corrected chi connectivity index (χ3v) is 5.36. The first-order valence-electron chi connectivity index (χ1n) is 10.2. The van der Waals surface area contributed by atoms with Crippen LogP contribution in [0, 0.1) is 0 Å². The van der Waals surface area contributed by atoms with Crippen molar-refractivity contribution >= 4 is 16.9 Å². The van der Waals surface area contributed by atoms with E-state index in [-0.39, 0.29) is 11.9 Å². The Bertz CT molecular complexity index is 1200. The molecule has 1 aliphatic rings. The van der Waals surface area contributed by atoms with Crippen molar-refractivity contribution in [3.63, 3.8) is 0 Å². The quantitative estimate of drug-likeness (QED) is 0.534. The van der Waals surface area contributed by atoms with Crippen molar-refractivity contribution in [2.45, 2.75) is 45.3 Å². The molecule has 1 aromatic carbocycles. The molecule has 1 amide bonds. The van der Waals surface area contributed by atoms with Crippen LogP contribution in [0.25, 0.3) is 22.3 Å². The van der Waals surface area contributed by atoms with Gasteiger partial charge in [0.2, 0.25) is 0 Å². The van der Waals surface area contributed by atoms with Crippen LogP contribution in [-0.4, -0.2) is 35.4 Å². The summed E-state index contributed by atoms with van der Waals surface area (Å²) in [7, 11) is 0. The summed E-state index contributed by atoms with van der Waals surface area (Å²) in [4.78, 5) is 18.0. The van der Waals surface area contributed by atoms with E-state index in [1.165, 1.54) is 0 Å². The second kappa shape index (κ2) is 7.37. The third-order valence-electron chi connectivity index (χ3n) is 5.36. The number of carbonyl (C=O) groups excluding carboxylic acids is 1. The molecule has 1 fully saturated rings. The van der Waals surface area contributed by atoms with E-state index in [1.807, 2.05) is 54.9 Å². The van der Waals surface area contributed by atoms with Gasteiger partial charge >= 0.3 is 0 Å². The Labute approximate surface area is 174 Å². The summed E-state index contributed by atoms with van der Waals surface area (Å²) in [6.07, 6.45) is 5.74. The fraction of sp³-hybridized carbons (Fsp3) is 0.318. The lowest BCUT2D eigenvalue weighted by atomic mass is 10.1. The molecule has 3 heterocycles. The zero-order valence-electron chi connectivity index (χ0n) is 17.0. The number of fused-ring (bicyclic) bond motifs is 1. The molecule has 1 N–H and O–H groups in total. The van der Waals surface area contributed by atoms with Gasteiger partial charge in [0.15, 0.2) is 11.5 Å². The molecule has 30 heavy (non-hydrogen) atoms. The molecule has 1 saturated carbocycles. The van der Waals surface area contributed by atoms with Gasteiger partial charge in [-0.3, -0.25) is 4.79 Å². The molecule has 0 radical (unpaired) electrons. The molecule has 8 heteroatoms. The fourth-order valence-electron chi connectivity index (χ4n) is 3.65. The Morgan fingerprint density at radius 3 is 2.77 bits per heavy atom. The van der Waals surface area contributed by atoms with Gasteiger partial charge in [0.05, 0.1) is 29.4 Å². The average Bonchev–Trinajstić information content (AvgIpc) is 3.33. The van der Waals surface area contributed by atoms with E-state index < -0.39 is 0 Å². The predicted molar refractivity (Wildman–Crippen MR) is 113 cm³/mol. The number of amides is 1. The van der Waals surface area contributed by atoms with Gasteiger partial charge in [-0.1, -0.05) is 30.3 Å². The summed E-state index contributed by atoms with van der Waals surface area (Å²) in [6.45, 7) is 4.43. The Morgan fingerprint density at radius 1 is 1.23 bits per heavy atom. The largest absolute Gasteiger partial charge is 0.345 e. The van der Waals surface area contributed by atoms with Crippen LogP contribution < -0.4 is 5.32 Å². The number of carbonyl (C=O) groups is 1. The number of nitrogens with zero attached hydrogens (tertiary/aromatic N) is 6. The van der Waals surface area contributed by atoms with Crippen molar-refractivity contribution < 1.29 is 4.79 Å². The maximum absolute atomic E-state index is 13.2. The normalized spacial score (nSPS) is 13.8. The van der Waals surface area contributed by atoms with Crippen LogP contribution in [-0.2, 0) is 6.54 Å². The maximum atomic E-state index is 13.2. The fourth-order valence-corrected chi connectivity index (χ4v) is 3.65. The first-order chi connectivity index (χ1) is 14.6. The number of aromatic nitrogens is 6. The van der Waals surface area contributed by atoms with Crippen LogP contribution in [0.4, 0.5) is 0 Å². The molecule has 0 unspecified atom stereocenters. The van der Waals surface area contributed by atoms with Crippen molar-refractivity contribution in [1.29, 1.82) is 0 Å². The maximum Gasteiger partial charge on any atom is 0.252 e. The second-order valence-electron chi connectivity index (χ2n) is 7.91. The van der Waals surface area contributed by atoms with Gasteiger partial charge in [0, 0.05) is 17.6 Å². The zero-order valence-corrected chi connectivity index (χ0v) is 17.0. The number of hydrogen-bond acceptors (Lipinski definition) is 5. The highest BCUT2D eigenvalue weighted by atomic mass is 16.1. The smallest absolute Gasteiger partial charge is 0.252 e. The van der Waals surface area contributed by atoms with Crippen LogP contribution >= 0.6 is 0 Å². The molecule has 0 aliphatic heterocycles. The van der Waals surface area contributed by atoms with Crippen LogP contribution in [0.15, 0.2) is 48.9 Å². The summed E-state index contributed by atoms with van der Waals surface area (Å²) in [5.41, 5.74) is 2.97. The van der Waals surface area contributed by atoms with E-state index in [4.69, 9.17) is 4.98 Å². The summed E-state index contributed by atoms with van der Waals surface area (Å²) in [5.74, 6) is 0.602. The lowest BCUT2D eigenvalue weighted by Crippen LogP contribution is -2.25. The molecule has 5 rings (SSSR count). The minimum atomic E-state index is -0.173. The third kappa shape index (κ3) is 3.34. The van der Waals surface area contributed by atoms with E-state index in [1.54, 1.807) is 12.5 Å². The standard InChI is InChI=1S/C22H23N7O/c1-14(2)29-21-18(11-25-29)17(10-19(26-21)15-6-4-3-5-7-15)22(30)23-12-20-27-24-13-28(20)16-8-9-16/h3-7,10-11,13-14,16H,8-9,12H2,1-2H3,(H,23,30). The van der Waals surface area contributed by atoms with Crippen molar-refractivity contribution in [1.82, 2.24) is 34.8 Å². The predicted octanol–water partition coefficient (Wildman–Crippen LogP) is 3.54. The molecule has 4 aromatic rings. The van der Waals surface area contributed by atoms with Crippen LogP contribution in [0.2, 0.25) is 0 Å². The monoisotopic (exact) mass is 401 g/mol. The first-order valence-corrected chi connectivity index (χ1v) is 10.2. The molecule has 152 valence electrons. The van der Waals surface area contributed by atoms with Gasteiger partial charge < -0.3 is 9.88 Å². The lowest BCUT2D eigenvalue weighted by Gasteiger charge is -2.11. The van der Waals surface area contributed by atoms with Crippen LogP contribution in [0.5, 0.6) is 0 Å². The topological polar surface area (TPSA) is 90.5 Å². The molecule has 3 aromatic heterocycles. The summed E-state index contributed by atoms with van der Waals surface area (Å²) < 4.78 is 3.90. The number of benzene rings is 1. The molecular weight excluding hydrogens is 378 g/mol. The SMILES string of the molecule is CC(C)n1ncc2c(C(=O)NCc3nncn3C3CC3)cc(-c3ccccc3)nc21. The lowest BCUT2D eigenvalue weighted by molar-refractivity contribution is 0.0951. The minimum absolute atomic E-state index is 0.133. The van der Waals surface area contributed by atoms with E-state index >= 15 is 0 Å². The van der Waals surface area contributed by atoms with Gasteiger partial charge in [-0.2, -0.15) is 5.10 Å². The number of hydrogen-bond donors (Lipinski definition) is 1. The molecule has 0 bridgehead atoms. The highest BCUT2D eigenvalue weighted by molar-refractivity contribution is 6.06. The number of pyridine rings is 1. The Balaban J connectivity index is 1.51. The van der Waals surface area contributed by atoms with E-state index in [0.717, 1.165) is 35.3 Å². The first kappa shape index (κ1) is 18.5. The molecule has 8 nitrogen and oxygen atoms in total. The highest BCUT2D eigenvalue weighted by Crippen LogP contribution is 2.35. The van der Waals surface area contributed by atoms with Crippen LogP contribution in [0.3, 0.4) is 0 Å². The second-order valence-corrected chi connectivity index (χ2v) is 7.91. The van der Waals surface area contributed by atoms with E-state index in [2.05, 4.69) is 25.2 Å². The van der Waals surface area contributed by atoms with Gasteiger partial charge in [0.1, 0.15) is 6.33 Å². The van der Waals surface area contributed by atoms with Gasteiger partial charge in [0.25, 0.3) is 5.91 Å². The molecule has 0 saturated heterocycles. The number of rotatable bonds is 6. The Hall–Kier alpha value is -3.55. The molecule has 1 aliphatic carbocycles. The minimum Gasteiger partial charge on any atom is -0.345 e. The van der Waals surface area contributed by atoms with Crippen molar-refractivity contribution in [3.8, 4) is 11.3 Å². The van der Waals surface area contributed by atoms with Crippen molar-refractivity contribution in [3.05, 3.63) is 60.3 Å². The summed E-state index contributed by atoms with van der Waals surface area (Å²) in [5, 5.41) is 16.4. The Kier molecular flexibility index (Phi) is 4.54. The van der Waals surface area contributed by atoms with Gasteiger partial charge in [-0.25, -0.2) is 9.67 Å². The Morgan fingerprint density at radius 2 is 2.03 bits per heavy atom. The van der Waals surface area contributed by atoms with Crippen LogP contribution in [0.1, 0.15) is 55.0 Å². The zero-order chi connectivity index (χ0) is 20.7. The van der Waals surface area contributed by atoms with E-state index in [9.17, 15) is 4.79 Å². The number of nitrogens with one attached hydrogen (secondary N) is 1. The molecule has 0 atom stereocenters. The highest BCUT2D eigenvalue weighted by Gasteiger charge is 2.26. The summed E-state index contributed by atoms with van der Waals surface area (Å²) >= 11 is 0. The molecular formula is C22H23N7O. The van der Waals surface area contributed by atoms with Gasteiger partial charge in [-0.05, 0) is 32.8 Å². The van der Waals surface area contributed by atoms with Crippen molar-refractivity contribution in [2.75, 3.05) is 0 Å². The average molecular weight is 401 g/mol.